The highest BCUT2D eigenvalue weighted by molar-refractivity contribution is 8.00. The summed E-state index contributed by atoms with van der Waals surface area (Å²) in [4.78, 5) is 12.4. The summed E-state index contributed by atoms with van der Waals surface area (Å²) in [5, 5.41) is 11.3. The molecule has 0 spiro atoms. The van der Waals surface area contributed by atoms with Crippen LogP contribution < -0.4 is 5.32 Å². The topological polar surface area (TPSA) is 52.9 Å². The van der Waals surface area contributed by atoms with Gasteiger partial charge in [-0.3, -0.25) is 4.79 Å². The molecule has 1 heterocycles. The lowest BCUT2D eigenvalue weighted by Crippen LogP contribution is -2.18. The fraction of sp³-hybridized carbons (Fsp3) is 0.385. The molecular weight excluding hydrogens is 232 g/mol. The molecule has 0 bridgehead atoms. The molecule has 1 aliphatic heterocycles. The molecule has 4 heteroatoms. The number of nitrogens with zero attached hydrogens (tertiary/aromatic N) is 1. The number of aryl methyl sites for hydroxylation is 1. The zero-order valence-electron chi connectivity index (χ0n) is 9.53. The molecule has 0 fully saturated rings. The molecule has 2 rings (SSSR count). The van der Waals surface area contributed by atoms with E-state index in [1.165, 1.54) is 5.56 Å². The van der Waals surface area contributed by atoms with Crippen LogP contribution >= 0.6 is 11.8 Å². The number of amides is 1. The summed E-state index contributed by atoms with van der Waals surface area (Å²) in [5.41, 5.74) is 2.16. The standard InChI is InChI=1S/C13H14N2OS/c14-7-3-1-2-4-10-5-6-12-11(8-10)15-13(16)9-17-12/h5-6,8H,1-4,9H2,(H,15,16). The smallest absolute Gasteiger partial charge is 0.234 e. The minimum Gasteiger partial charge on any atom is -0.324 e. The van der Waals surface area contributed by atoms with Gasteiger partial charge in [0.15, 0.2) is 0 Å². The fourth-order valence-corrected chi connectivity index (χ4v) is 2.61. The number of nitrogens with one attached hydrogen (secondary N) is 1. The van der Waals surface area contributed by atoms with Crippen LogP contribution in [0.3, 0.4) is 0 Å². The number of nitriles is 1. The Labute approximate surface area is 105 Å². The van der Waals surface area contributed by atoms with E-state index in [4.69, 9.17) is 5.26 Å². The van der Waals surface area contributed by atoms with E-state index >= 15 is 0 Å². The van der Waals surface area contributed by atoms with Crippen molar-refractivity contribution in [3.63, 3.8) is 0 Å². The second kappa shape index (κ2) is 5.74. The molecule has 0 saturated heterocycles. The van der Waals surface area contributed by atoms with Gasteiger partial charge in [0.25, 0.3) is 0 Å². The van der Waals surface area contributed by atoms with Crippen molar-refractivity contribution in [1.82, 2.24) is 0 Å². The Morgan fingerprint density at radius 3 is 3.12 bits per heavy atom. The molecule has 0 radical (unpaired) electrons. The molecular formula is C13H14N2OS. The van der Waals surface area contributed by atoms with E-state index in [1.54, 1.807) is 11.8 Å². The van der Waals surface area contributed by atoms with E-state index in [0.29, 0.717) is 12.2 Å². The highest BCUT2D eigenvalue weighted by Gasteiger charge is 2.14. The zero-order chi connectivity index (χ0) is 12.1. The number of hydrogen-bond donors (Lipinski definition) is 1. The largest absolute Gasteiger partial charge is 0.324 e. The summed E-state index contributed by atoms with van der Waals surface area (Å²) in [6, 6.07) is 8.37. The average molecular weight is 246 g/mol. The van der Waals surface area contributed by atoms with Crippen LogP contribution in [0.5, 0.6) is 0 Å². The molecule has 1 aromatic rings. The predicted octanol–water partition coefficient (Wildman–Crippen LogP) is 2.97. The van der Waals surface area contributed by atoms with Gasteiger partial charge in [-0.25, -0.2) is 0 Å². The van der Waals surface area contributed by atoms with Crippen molar-refractivity contribution in [2.45, 2.75) is 30.6 Å². The number of hydrogen-bond acceptors (Lipinski definition) is 3. The third kappa shape index (κ3) is 3.24. The molecule has 1 N–H and O–H groups in total. The Balaban J connectivity index is 1.98. The summed E-state index contributed by atoms with van der Waals surface area (Å²) < 4.78 is 0. The van der Waals surface area contributed by atoms with E-state index < -0.39 is 0 Å². The summed E-state index contributed by atoms with van der Waals surface area (Å²) in [5.74, 6) is 0.582. The maximum atomic E-state index is 11.3. The number of benzene rings is 1. The van der Waals surface area contributed by atoms with E-state index in [9.17, 15) is 4.79 Å². The number of unbranched alkanes of at least 4 members (excludes halogenated alkanes) is 2. The van der Waals surface area contributed by atoms with Crippen LogP contribution in [-0.2, 0) is 11.2 Å². The number of rotatable bonds is 4. The highest BCUT2D eigenvalue weighted by atomic mass is 32.2. The molecule has 88 valence electrons. The van der Waals surface area contributed by atoms with Crippen molar-refractivity contribution in [2.24, 2.45) is 0 Å². The quantitative estimate of drug-likeness (QED) is 0.831. The van der Waals surface area contributed by atoms with E-state index in [1.807, 2.05) is 6.07 Å². The Morgan fingerprint density at radius 1 is 1.41 bits per heavy atom. The maximum Gasteiger partial charge on any atom is 0.234 e. The molecule has 1 aromatic carbocycles. The Hall–Kier alpha value is -1.47. The molecule has 0 atom stereocenters. The second-order valence-electron chi connectivity index (χ2n) is 4.03. The van der Waals surface area contributed by atoms with Gasteiger partial charge < -0.3 is 5.32 Å². The van der Waals surface area contributed by atoms with Crippen molar-refractivity contribution in [1.29, 1.82) is 5.26 Å². The number of thioether (sulfide) groups is 1. The fourth-order valence-electron chi connectivity index (χ4n) is 1.82. The van der Waals surface area contributed by atoms with E-state index in [2.05, 4.69) is 23.5 Å². The monoisotopic (exact) mass is 246 g/mol. The second-order valence-corrected chi connectivity index (χ2v) is 5.05. The Kier molecular flexibility index (Phi) is 4.05. The molecule has 3 nitrogen and oxygen atoms in total. The average Bonchev–Trinajstić information content (AvgIpc) is 2.34. The van der Waals surface area contributed by atoms with Crippen molar-refractivity contribution in [2.75, 3.05) is 11.1 Å². The first kappa shape index (κ1) is 12.0. The summed E-state index contributed by atoms with van der Waals surface area (Å²) in [6.45, 7) is 0. The molecule has 0 saturated carbocycles. The minimum absolute atomic E-state index is 0.0733. The third-order valence-electron chi connectivity index (χ3n) is 2.68. The molecule has 0 aromatic heterocycles. The van der Waals surface area contributed by atoms with E-state index in [0.717, 1.165) is 29.8 Å². The van der Waals surface area contributed by atoms with Gasteiger partial charge in [-0.05, 0) is 37.0 Å². The van der Waals surface area contributed by atoms with Gasteiger partial charge >= 0.3 is 0 Å². The summed E-state index contributed by atoms with van der Waals surface area (Å²) >= 11 is 1.58. The zero-order valence-corrected chi connectivity index (χ0v) is 10.3. The molecule has 0 aliphatic carbocycles. The molecule has 1 aliphatic rings. The number of fused-ring (bicyclic) bond motifs is 1. The number of carbonyl (C=O) groups is 1. The number of carbonyl (C=O) groups excluding carboxylic acids is 1. The SMILES string of the molecule is N#CCCCCc1ccc2c(c1)NC(=O)CS2. The molecule has 17 heavy (non-hydrogen) atoms. The van der Waals surface area contributed by atoms with Crippen LogP contribution in [0.2, 0.25) is 0 Å². The lowest BCUT2D eigenvalue weighted by molar-refractivity contribution is -0.113. The van der Waals surface area contributed by atoms with Gasteiger partial charge in [0, 0.05) is 11.3 Å². The van der Waals surface area contributed by atoms with Crippen molar-refractivity contribution >= 4 is 23.4 Å². The number of anilines is 1. The van der Waals surface area contributed by atoms with Crippen LogP contribution in [0.4, 0.5) is 5.69 Å². The van der Waals surface area contributed by atoms with Crippen LogP contribution in [-0.4, -0.2) is 11.7 Å². The van der Waals surface area contributed by atoms with Gasteiger partial charge in [0.2, 0.25) is 5.91 Å². The van der Waals surface area contributed by atoms with Gasteiger partial charge in [-0.2, -0.15) is 5.26 Å². The molecule has 1 amide bonds. The van der Waals surface area contributed by atoms with Crippen LogP contribution in [0.25, 0.3) is 0 Å². The van der Waals surface area contributed by atoms with Gasteiger partial charge in [-0.15, -0.1) is 11.8 Å². The van der Waals surface area contributed by atoms with Crippen molar-refractivity contribution in [3.8, 4) is 6.07 Å². The van der Waals surface area contributed by atoms with Crippen LogP contribution in [0, 0.1) is 11.3 Å². The Bertz CT molecular complexity index is 465. The first-order valence-electron chi connectivity index (χ1n) is 5.72. The maximum absolute atomic E-state index is 11.3. The minimum atomic E-state index is 0.0733. The first-order valence-corrected chi connectivity index (χ1v) is 6.70. The Morgan fingerprint density at radius 2 is 2.29 bits per heavy atom. The summed E-state index contributed by atoms with van der Waals surface area (Å²) in [6.07, 6.45) is 3.55. The van der Waals surface area contributed by atoms with Gasteiger partial charge in [0.05, 0.1) is 17.5 Å². The van der Waals surface area contributed by atoms with E-state index in [-0.39, 0.29) is 5.91 Å². The van der Waals surface area contributed by atoms with Crippen LogP contribution in [0.15, 0.2) is 23.1 Å². The van der Waals surface area contributed by atoms with Crippen molar-refractivity contribution < 1.29 is 4.79 Å². The predicted molar refractivity (Wildman–Crippen MR) is 69.0 cm³/mol. The lowest BCUT2D eigenvalue weighted by Gasteiger charge is -2.17. The van der Waals surface area contributed by atoms with Gasteiger partial charge in [0.1, 0.15) is 0 Å². The van der Waals surface area contributed by atoms with Gasteiger partial charge in [-0.1, -0.05) is 6.07 Å². The summed E-state index contributed by atoms with van der Waals surface area (Å²) in [7, 11) is 0. The first-order chi connectivity index (χ1) is 8.29. The normalized spacial score (nSPS) is 13.7. The van der Waals surface area contributed by atoms with Crippen LogP contribution in [0.1, 0.15) is 24.8 Å². The highest BCUT2D eigenvalue weighted by Crippen LogP contribution is 2.32. The lowest BCUT2D eigenvalue weighted by atomic mass is 10.1. The van der Waals surface area contributed by atoms with Crippen molar-refractivity contribution in [3.05, 3.63) is 23.8 Å². The molecule has 0 unspecified atom stereocenters. The third-order valence-corrected chi connectivity index (χ3v) is 3.75.